The summed E-state index contributed by atoms with van der Waals surface area (Å²) in [6.45, 7) is 1.90. The number of amides is 1. The van der Waals surface area contributed by atoms with Crippen LogP contribution in [0.25, 0.3) is 16.2 Å². The van der Waals surface area contributed by atoms with E-state index in [-0.39, 0.29) is 12.5 Å². The molecule has 5 heteroatoms. The molecule has 23 heavy (non-hydrogen) atoms. The van der Waals surface area contributed by atoms with E-state index >= 15 is 0 Å². The molecule has 3 nitrogen and oxygen atoms in total. The van der Waals surface area contributed by atoms with Crippen LogP contribution in [0.3, 0.4) is 0 Å². The topological polar surface area (TPSA) is 49.3 Å². The molecule has 118 valence electrons. The fraction of sp³-hybridized carbons (Fsp3) is 0.167. The summed E-state index contributed by atoms with van der Waals surface area (Å²) in [4.78, 5) is 12.7. The molecule has 0 aliphatic rings. The lowest BCUT2D eigenvalue weighted by molar-refractivity contribution is -0.117. The Hall–Kier alpha value is -1.95. The number of fused-ring (bicyclic) bond motifs is 1. The van der Waals surface area contributed by atoms with Crippen molar-refractivity contribution in [3.8, 4) is 0 Å². The second kappa shape index (κ2) is 6.66. The van der Waals surface area contributed by atoms with E-state index in [0.717, 1.165) is 20.5 Å². The molecule has 0 saturated carbocycles. The van der Waals surface area contributed by atoms with Gasteiger partial charge < -0.3 is 10.4 Å². The zero-order valence-electron chi connectivity index (χ0n) is 12.7. The van der Waals surface area contributed by atoms with Crippen LogP contribution < -0.4 is 5.32 Å². The van der Waals surface area contributed by atoms with Crippen molar-refractivity contribution >= 4 is 44.7 Å². The van der Waals surface area contributed by atoms with Crippen molar-refractivity contribution in [3.05, 3.63) is 63.7 Å². The largest absolute Gasteiger partial charge is 0.383 e. The lowest BCUT2D eigenvalue weighted by Gasteiger charge is -2.21. The monoisotopic (exact) mass is 343 g/mol. The Kier molecular flexibility index (Phi) is 4.61. The van der Waals surface area contributed by atoms with E-state index in [1.807, 2.05) is 47.2 Å². The number of hydrogen-bond acceptors (Lipinski definition) is 4. The molecule has 1 amide bonds. The lowest BCUT2D eigenvalue weighted by Crippen LogP contribution is -2.37. The molecule has 0 aliphatic carbocycles. The minimum absolute atomic E-state index is 0.173. The molecule has 0 radical (unpaired) electrons. The minimum atomic E-state index is -1.09. The van der Waals surface area contributed by atoms with Gasteiger partial charge in [-0.15, -0.1) is 11.3 Å². The Balaban J connectivity index is 1.65. The van der Waals surface area contributed by atoms with Gasteiger partial charge in [-0.25, -0.2) is 0 Å². The first-order valence-electron chi connectivity index (χ1n) is 7.24. The number of thiophene rings is 2. The standard InChI is InChI=1S/C18H17NO2S2/c1-18(21,16-10-14-4-2-3-5-15(14)23-16)12-19-17(20)7-6-13-8-9-22-11-13/h2-11,21H,12H2,1H3,(H,19,20)/b7-6+. The second-order valence-corrected chi connectivity index (χ2v) is 7.39. The van der Waals surface area contributed by atoms with Gasteiger partial charge in [-0.05, 0) is 52.9 Å². The molecule has 2 N–H and O–H groups in total. The molecule has 2 heterocycles. The van der Waals surface area contributed by atoms with Gasteiger partial charge in [0.15, 0.2) is 0 Å². The van der Waals surface area contributed by atoms with Crippen molar-refractivity contribution in [2.75, 3.05) is 6.54 Å². The van der Waals surface area contributed by atoms with Crippen LogP contribution in [0.1, 0.15) is 17.4 Å². The van der Waals surface area contributed by atoms with Crippen LogP contribution in [-0.4, -0.2) is 17.6 Å². The molecular formula is C18H17NO2S2. The quantitative estimate of drug-likeness (QED) is 0.688. The van der Waals surface area contributed by atoms with Crippen molar-refractivity contribution < 1.29 is 9.90 Å². The van der Waals surface area contributed by atoms with Gasteiger partial charge in [0.05, 0.1) is 6.54 Å². The van der Waals surface area contributed by atoms with Crippen LogP contribution in [0.5, 0.6) is 0 Å². The smallest absolute Gasteiger partial charge is 0.244 e. The molecule has 2 aromatic heterocycles. The SMILES string of the molecule is CC(O)(CNC(=O)/C=C/c1ccsc1)c1cc2ccccc2s1. The number of carbonyl (C=O) groups excluding carboxylic acids is 1. The summed E-state index contributed by atoms with van der Waals surface area (Å²) in [7, 11) is 0. The van der Waals surface area contributed by atoms with Gasteiger partial charge >= 0.3 is 0 Å². The van der Waals surface area contributed by atoms with E-state index in [1.165, 1.54) is 6.08 Å². The zero-order chi connectivity index (χ0) is 16.3. The van der Waals surface area contributed by atoms with Crippen molar-refractivity contribution in [3.63, 3.8) is 0 Å². The molecule has 1 unspecified atom stereocenters. The Bertz CT molecular complexity index is 799. The maximum atomic E-state index is 11.9. The minimum Gasteiger partial charge on any atom is -0.383 e. The summed E-state index contributed by atoms with van der Waals surface area (Å²) in [5.74, 6) is -0.211. The van der Waals surface area contributed by atoms with E-state index in [9.17, 15) is 9.90 Å². The molecule has 0 aliphatic heterocycles. The second-order valence-electron chi connectivity index (χ2n) is 5.53. The van der Waals surface area contributed by atoms with E-state index in [2.05, 4.69) is 5.32 Å². The Labute approximate surface area is 142 Å². The fourth-order valence-corrected chi connectivity index (χ4v) is 3.93. The number of aliphatic hydroxyl groups is 1. The van der Waals surface area contributed by atoms with Gasteiger partial charge in [0.25, 0.3) is 0 Å². The van der Waals surface area contributed by atoms with Gasteiger partial charge in [0.2, 0.25) is 5.91 Å². The first-order chi connectivity index (χ1) is 11.0. The Morgan fingerprint density at radius 3 is 2.91 bits per heavy atom. The molecule has 0 fully saturated rings. The van der Waals surface area contributed by atoms with Crippen molar-refractivity contribution in [2.45, 2.75) is 12.5 Å². The summed E-state index contributed by atoms with van der Waals surface area (Å²) >= 11 is 3.14. The number of hydrogen-bond donors (Lipinski definition) is 2. The fourth-order valence-electron chi connectivity index (χ4n) is 2.19. The molecule has 1 aromatic carbocycles. The van der Waals surface area contributed by atoms with Gasteiger partial charge in [-0.1, -0.05) is 18.2 Å². The third-order valence-electron chi connectivity index (χ3n) is 3.53. The van der Waals surface area contributed by atoms with E-state index < -0.39 is 5.60 Å². The molecular weight excluding hydrogens is 326 g/mol. The van der Waals surface area contributed by atoms with Crippen LogP contribution >= 0.6 is 22.7 Å². The van der Waals surface area contributed by atoms with Crippen molar-refractivity contribution in [1.29, 1.82) is 0 Å². The first kappa shape index (κ1) is 15.9. The summed E-state index contributed by atoms with van der Waals surface area (Å²) in [6, 6.07) is 11.9. The third-order valence-corrected chi connectivity index (χ3v) is 5.60. The summed E-state index contributed by atoms with van der Waals surface area (Å²) in [5.41, 5.74) is -0.0864. The first-order valence-corrected chi connectivity index (χ1v) is 9.00. The van der Waals surface area contributed by atoms with Crippen LogP contribution in [0, 0.1) is 0 Å². The third kappa shape index (κ3) is 3.88. The van der Waals surface area contributed by atoms with Crippen molar-refractivity contribution in [2.24, 2.45) is 0 Å². The average Bonchev–Trinajstić information content (AvgIpc) is 3.20. The lowest BCUT2D eigenvalue weighted by atomic mass is 10.0. The number of carbonyl (C=O) groups is 1. The van der Waals surface area contributed by atoms with Crippen LogP contribution in [0.2, 0.25) is 0 Å². The normalized spacial score (nSPS) is 14.2. The van der Waals surface area contributed by atoms with Gasteiger partial charge in [0.1, 0.15) is 5.60 Å². The maximum absolute atomic E-state index is 11.9. The van der Waals surface area contributed by atoms with Crippen molar-refractivity contribution in [1.82, 2.24) is 5.32 Å². The Morgan fingerprint density at radius 1 is 1.35 bits per heavy atom. The number of rotatable bonds is 5. The molecule has 0 saturated heterocycles. The highest BCUT2D eigenvalue weighted by Crippen LogP contribution is 2.32. The summed E-state index contributed by atoms with van der Waals surface area (Å²) in [6.07, 6.45) is 3.25. The highest BCUT2D eigenvalue weighted by molar-refractivity contribution is 7.19. The predicted octanol–water partition coefficient (Wildman–Crippen LogP) is 4.00. The Morgan fingerprint density at radius 2 is 2.17 bits per heavy atom. The van der Waals surface area contributed by atoms with Gasteiger partial charge in [-0.2, -0.15) is 11.3 Å². The summed E-state index contributed by atoms with van der Waals surface area (Å²) in [5, 5.41) is 18.5. The van der Waals surface area contributed by atoms with Crippen LogP contribution in [0.15, 0.2) is 53.2 Å². The highest BCUT2D eigenvalue weighted by Gasteiger charge is 2.25. The molecule has 3 rings (SSSR count). The van der Waals surface area contributed by atoms with Crippen LogP contribution in [-0.2, 0) is 10.4 Å². The van der Waals surface area contributed by atoms with Gasteiger partial charge in [-0.3, -0.25) is 4.79 Å². The highest BCUT2D eigenvalue weighted by atomic mass is 32.1. The molecule has 3 aromatic rings. The number of benzene rings is 1. The number of nitrogens with one attached hydrogen (secondary N) is 1. The maximum Gasteiger partial charge on any atom is 0.244 e. The summed E-state index contributed by atoms with van der Waals surface area (Å²) < 4.78 is 1.13. The predicted molar refractivity (Wildman–Crippen MR) is 97.8 cm³/mol. The van der Waals surface area contributed by atoms with Gasteiger partial charge in [0, 0.05) is 15.7 Å². The molecule has 0 bridgehead atoms. The zero-order valence-corrected chi connectivity index (χ0v) is 14.3. The molecule has 0 spiro atoms. The molecule has 1 atom stereocenters. The van der Waals surface area contributed by atoms with E-state index in [4.69, 9.17) is 0 Å². The van der Waals surface area contributed by atoms with Crippen LogP contribution in [0.4, 0.5) is 0 Å². The van der Waals surface area contributed by atoms with E-state index in [0.29, 0.717) is 0 Å². The van der Waals surface area contributed by atoms with E-state index in [1.54, 1.807) is 35.7 Å². The average molecular weight is 343 g/mol.